The monoisotopic (exact) mass is 233 g/mol. The molecule has 6 nitrogen and oxygen atoms in total. The molecule has 0 unspecified atom stereocenters. The molecule has 6 heteroatoms. The molecule has 1 aromatic carbocycles. The Morgan fingerprint density at radius 1 is 1.53 bits per heavy atom. The Morgan fingerprint density at radius 2 is 2.35 bits per heavy atom. The summed E-state index contributed by atoms with van der Waals surface area (Å²) in [7, 11) is 1.53. The molecule has 0 fully saturated rings. The van der Waals surface area contributed by atoms with Gasteiger partial charge in [0.15, 0.2) is 6.29 Å². The predicted molar refractivity (Wildman–Crippen MR) is 59.6 cm³/mol. The smallest absolute Gasteiger partial charge is 0.240 e. The van der Waals surface area contributed by atoms with Crippen LogP contribution >= 0.6 is 0 Å². The summed E-state index contributed by atoms with van der Waals surface area (Å²) < 4.78 is 9.92. The third-order valence-electron chi connectivity index (χ3n) is 2.27. The van der Waals surface area contributed by atoms with Crippen molar-refractivity contribution in [1.29, 1.82) is 0 Å². The number of methoxy groups -OCH3 is 1. The third-order valence-corrected chi connectivity index (χ3v) is 2.27. The molecule has 2 aromatic rings. The number of nitrogens with zero attached hydrogens (tertiary/aromatic N) is 2. The highest BCUT2D eigenvalue weighted by atomic mass is 16.5. The van der Waals surface area contributed by atoms with E-state index in [2.05, 4.69) is 10.1 Å². The SMILES string of the molecule is COc1ccc(-c2noc(CN)n2)c(C=O)c1. The van der Waals surface area contributed by atoms with Crippen LogP contribution in [-0.4, -0.2) is 23.5 Å². The van der Waals surface area contributed by atoms with Crippen LogP contribution in [0.5, 0.6) is 5.75 Å². The topological polar surface area (TPSA) is 91.2 Å². The van der Waals surface area contributed by atoms with Crippen molar-refractivity contribution < 1.29 is 14.1 Å². The van der Waals surface area contributed by atoms with Crippen LogP contribution in [0.15, 0.2) is 22.7 Å². The number of hydrogen-bond acceptors (Lipinski definition) is 6. The first-order valence-corrected chi connectivity index (χ1v) is 4.94. The normalized spacial score (nSPS) is 10.2. The molecular weight excluding hydrogens is 222 g/mol. The highest BCUT2D eigenvalue weighted by Gasteiger charge is 2.12. The molecule has 0 atom stereocenters. The van der Waals surface area contributed by atoms with E-state index in [0.29, 0.717) is 28.6 Å². The van der Waals surface area contributed by atoms with E-state index < -0.39 is 0 Å². The minimum Gasteiger partial charge on any atom is -0.497 e. The van der Waals surface area contributed by atoms with Crippen molar-refractivity contribution in [2.24, 2.45) is 5.73 Å². The maximum absolute atomic E-state index is 11.0. The Labute approximate surface area is 97.4 Å². The molecule has 0 radical (unpaired) electrons. The second-order valence-electron chi connectivity index (χ2n) is 3.29. The van der Waals surface area contributed by atoms with Gasteiger partial charge in [0, 0.05) is 11.1 Å². The van der Waals surface area contributed by atoms with Crippen LogP contribution in [0, 0.1) is 0 Å². The number of hydrogen-bond donors (Lipinski definition) is 1. The van der Waals surface area contributed by atoms with Gasteiger partial charge in [0.25, 0.3) is 0 Å². The van der Waals surface area contributed by atoms with E-state index in [1.54, 1.807) is 18.2 Å². The molecule has 1 heterocycles. The molecule has 1 aromatic heterocycles. The Kier molecular flexibility index (Phi) is 3.15. The number of rotatable bonds is 4. The van der Waals surface area contributed by atoms with E-state index in [4.69, 9.17) is 15.0 Å². The molecule has 0 aliphatic carbocycles. The highest BCUT2D eigenvalue weighted by Crippen LogP contribution is 2.24. The average molecular weight is 233 g/mol. The number of carbonyl (C=O) groups is 1. The molecule has 0 amide bonds. The lowest BCUT2D eigenvalue weighted by molar-refractivity contribution is 0.112. The number of aldehydes is 1. The van der Waals surface area contributed by atoms with Crippen LogP contribution in [0.2, 0.25) is 0 Å². The van der Waals surface area contributed by atoms with Gasteiger partial charge in [0.05, 0.1) is 13.7 Å². The van der Waals surface area contributed by atoms with Crippen molar-refractivity contribution in [2.75, 3.05) is 7.11 Å². The lowest BCUT2D eigenvalue weighted by Gasteiger charge is -2.03. The van der Waals surface area contributed by atoms with E-state index in [-0.39, 0.29) is 6.54 Å². The number of carbonyl (C=O) groups excluding carboxylic acids is 1. The Morgan fingerprint density at radius 3 is 2.94 bits per heavy atom. The Bertz CT molecular complexity index is 537. The van der Waals surface area contributed by atoms with Gasteiger partial charge in [-0.3, -0.25) is 4.79 Å². The minimum atomic E-state index is 0.166. The minimum absolute atomic E-state index is 0.166. The van der Waals surface area contributed by atoms with Gasteiger partial charge in [-0.1, -0.05) is 5.16 Å². The van der Waals surface area contributed by atoms with E-state index in [1.807, 2.05) is 0 Å². The van der Waals surface area contributed by atoms with Crippen molar-refractivity contribution in [3.8, 4) is 17.1 Å². The molecule has 0 bridgehead atoms. The first kappa shape index (κ1) is 11.3. The fourth-order valence-corrected chi connectivity index (χ4v) is 1.42. The van der Waals surface area contributed by atoms with Crippen LogP contribution < -0.4 is 10.5 Å². The standard InChI is InChI=1S/C11H11N3O3/c1-16-8-2-3-9(7(4-8)6-15)11-13-10(5-12)17-14-11/h2-4,6H,5,12H2,1H3. The third kappa shape index (κ3) is 2.16. The molecule has 88 valence electrons. The molecule has 2 N–H and O–H groups in total. The maximum Gasteiger partial charge on any atom is 0.240 e. The van der Waals surface area contributed by atoms with Gasteiger partial charge in [-0.2, -0.15) is 4.98 Å². The number of benzene rings is 1. The van der Waals surface area contributed by atoms with Crippen molar-refractivity contribution >= 4 is 6.29 Å². The fourth-order valence-electron chi connectivity index (χ4n) is 1.42. The predicted octanol–water partition coefficient (Wildman–Crippen LogP) is 1.02. The summed E-state index contributed by atoms with van der Waals surface area (Å²) in [4.78, 5) is 15.0. The molecule has 0 aliphatic heterocycles. The van der Waals surface area contributed by atoms with Crippen molar-refractivity contribution in [3.63, 3.8) is 0 Å². The second-order valence-corrected chi connectivity index (χ2v) is 3.29. The van der Waals surface area contributed by atoms with E-state index >= 15 is 0 Å². The fraction of sp³-hybridized carbons (Fsp3) is 0.182. The number of ether oxygens (including phenoxy) is 1. The molecule has 17 heavy (non-hydrogen) atoms. The molecule has 0 aliphatic rings. The van der Waals surface area contributed by atoms with Crippen molar-refractivity contribution in [1.82, 2.24) is 10.1 Å². The zero-order valence-corrected chi connectivity index (χ0v) is 9.21. The van der Waals surface area contributed by atoms with Gasteiger partial charge in [-0.05, 0) is 18.2 Å². The van der Waals surface area contributed by atoms with Gasteiger partial charge < -0.3 is 15.0 Å². The Hall–Kier alpha value is -2.21. The second kappa shape index (κ2) is 4.75. The van der Waals surface area contributed by atoms with E-state index in [0.717, 1.165) is 6.29 Å². The van der Waals surface area contributed by atoms with Crippen LogP contribution in [0.4, 0.5) is 0 Å². The largest absolute Gasteiger partial charge is 0.497 e. The average Bonchev–Trinajstić information content (AvgIpc) is 2.86. The van der Waals surface area contributed by atoms with Crippen LogP contribution in [-0.2, 0) is 6.54 Å². The van der Waals surface area contributed by atoms with Gasteiger partial charge >= 0.3 is 0 Å². The van der Waals surface area contributed by atoms with E-state index in [1.165, 1.54) is 7.11 Å². The molecule has 0 saturated carbocycles. The summed E-state index contributed by atoms with van der Waals surface area (Å²) in [5.41, 5.74) is 6.40. The summed E-state index contributed by atoms with van der Waals surface area (Å²) in [6, 6.07) is 5.04. The first-order chi connectivity index (χ1) is 8.28. The Balaban J connectivity index is 2.47. The van der Waals surface area contributed by atoms with Gasteiger partial charge in [0.2, 0.25) is 11.7 Å². The highest BCUT2D eigenvalue weighted by molar-refractivity contribution is 5.86. The summed E-state index contributed by atoms with van der Waals surface area (Å²) >= 11 is 0. The molecule has 0 saturated heterocycles. The van der Waals surface area contributed by atoms with Gasteiger partial charge in [-0.15, -0.1) is 0 Å². The zero-order valence-electron chi connectivity index (χ0n) is 9.21. The molecular formula is C11H11N3O3. The molecule has 2 rings (SSSR count). The number of nitrogens with two attached hydrogens (primary N) is 1. The van der Waals surface area contributed by atoms with Crippen LogP contribution in [0.25, 0.3) is 11.4 Å². The van der Waals surface area contributed by atoms with Crippen molar-refractivity contribution in [3.05, 3.63) is 29.7 Å². The number of aromatic nitrogens is 2. The summed E-state index contributed by atoms with van der Waals surface area (Å²) in [6.45, 7) is 0.166. The summed E-state index contributed by atoms with van der Waals surface area (Å²) in [5.74, 6) is 1.27. The maximum atomic E-state index is 11.0. The summed E-state index contributed by atoms with van der Waals surface area (Å²) in [6.07, 6.45) is 0.719. The lowest BCUT2D eigenvalue weighted by Crippen LogP contribution is -1.96. The summed E-state index contributed by atoms with van der Waals surface area (Å²) in [5, 5.41) is 3.76. The van der Waals surface area contributed by atoms with Crippen LogP contribution in [0.3, 0.4) is 0 Å². The lowest BCUT2D eigenvalue weighted by atomic mass is 10.1. The van der Waals surface area contributed by atoms with Gasteiger partial charge in [-0.25, -0.2) is 0 Å². The van der Waals surface area contributed by atoms with Crippen molar-refractivity contribution in [2.45, 2.75) is 6.54 Å². The van der Waals surface area contributed by atoms with Gasteiger partial charge in [0.1, 0.15) is 5.75 Å². The molecule has 0 spiro atoms. The first-order valence-electron chi connectivity index (χ1n) is 4.94. The van der Waals surface area contributed by atoms with E-state index in [9.17, 15) is 4.79 Å². The quantitative estimate of drug-likeness (QED) is 0.792. The zero-order chi connectivity index (χ0) is 12.3. The van der Waals surface area contributed by atoms with Crippen LogP contribution in [0.1, 0.15) is 16.2 Å².